The van der Waals surface area contributed by atoms with E-state index in [4.69, 9.17) is 5.73 Å². The average molecular weight is 413 g/mol. The van der Waals surface area contributed by atoms with Crippen LogP contribution in [0.3, 0.4) is 0 Å². The minimum absolute atomic E-state index is 0.669. The number of nitrogen functional groups attached to an aromatic ring is 1. The third kappa shape index (κ3) is 2.32. The predicted molar refractivity (Wildman–Crippen MR) is 91.8 cm³/mol. The van der Waals surface area contributed by atoms with E-state index in [-0.39, 0.29) is 0 Å². The lowest BCUT2D eigenvalue weighted by Crippen LogP contribution is -1.97. The number of hydrogen-bond acceptors (Lipinski definition) is 3. The average Bonchev–Trinajstić information content (AvgIpc) is 2.96. The molecule has 3 rings (SSSR count). The van der Waals surface area contributed by atoms with Gasteiger partial charge in [0, 0.05) is 16.0 Å². The van der Waals surface area contributed by atoms with Crippen molar-refractivity contribution in [3.05, 3.63) is 44.7 Å². The molecule has 3 aromatic rings. The predicted octanol–water partition coefficient (Wildman–Crippen LogP) is 4.92. The lowest BCUT2D eigenvalue weighted by molar-refractivity contribution is 0.783. The second-order valence-electron chi connectivity index (χ2n) is 4.34. The molecular weight excluding hydrogens is 402 g/mol. The molecule has 0 unspecified atom stereocenters. The molecule has 0 bridgehead atoms. The topological polar surface area (TPSA) is 43.8 Å². The second-order valence-corrected chi connectivity index (χ2v) is 7.02. The Bertz CT molecular complexity index is 759. The van der Waals surface area contributed by atoms with Crippen molar-refractivity contribution in [1.29, 1.82) is 0 Å². The Balaban J connectivity index is 2.25. The Labute approximate surface area is 137 Å². The van der Waals surface area contributed by atoms with Crippen LogP contribution in [0.5, 0.6) is 0 Å². The Morgan fingerprint density at radius 2 is 1.85 bits per heavy atom. The molecule has 0 amide bonds. The largest absolute Gasteiger partial charge is 0.383 e. The van der Waals surface area contributed by atoms with Crippen molar-refractivity contribution in [3.8, 4) is 21.7 Å². The lowest BCUT2D eigenvalue weighted by atomic mass is 10.0. The first kappa shape index (κ1) is 13.9. The first-order valence-electron chi connectivity index (χ1n) is 5.89. The summed E-state index contributed by atoms with van der Waals surface area (Å²) in [4.78, 5) is 1.09. The van der Waals surface area contributed by atoms with Gasteiger partial charge in [0.25, 0.3) is 0 Å². The van der Waals surface area contributed by atoms with Crippen molar-refractivity contribution in [2.24, 2.45) is 7.05 Å². The van der Waals surface area contributed by atoms with Gasteiger partial charge >= 0.3 is 0 Å². The van der Waals surface area contributed by atoms with Gasteiger partial charge in [0.2, 0.25) is 0 Å². The van der Waals surface area contributed by atoms with E-state index < -0.39 is 0 Å². The fourth-order valence-electron chi connectivity index (χ4n) is 2.06. The Hall–Kier alpha value is -1.11. The molecule has 102 valence electrons. The summed E-state index contributed by atoms with van der Waals surface area (Å²) in [5.74, 6) is 0.669. The molecule has 1 aromatic carbocycles. The number of aryl methyl sites for hydroxylation is 1. The van der Waals surface area contributed by atoms with Crippen molar-refractivity contribution < 1.29 is 0 Å². The highest BCUT2D eigenvalue weighted by Gasteiger charge is 2.19. The highest BCUT2D eigenvalue weighted by Crippen LogP contribution is 2.41. The molecule has 2 N–H and O–H groups in total. The lowest BCUT2D eigenvalue weighted by Gasteiger charge is -2.04. The van der Waals surface area contributed by atoms with E-state index in [1.165, 1.54) is 0 Å². The van der Waals surface area contributed by atoms with E-state index in [0.29, 0.717) is 5.82 Å². The number of halogens is 2. The molecule has 0 fully saturated rings. The van der Waals surface area contributed by atoms with Gasteiger partial charge < -0.3 is 5.73 Å². The molecular formula is C14H11Br2N3S. The van der Waals surface area contributed by atoms with Crippen LogP contribution < -0.4 is 5.73 Å². The van der Waals surface area contributed by atoms with E-state index in [1.807, 2.05) is 42.8 Å². The maximum absolute atomic E-state index is 6.21. The second kappa shape index (κ2) is 5.35. The summed E-state index contributed by atoms with van der Waals surface area (Å²) in [6.07, 6.45) is 0. The minimum atomic E-state index is 0.669. The number of thiophene rings is 1. The molecule has 0 radical (unpaired) electrons. The molecule has 20 heavy (non-hydrogen) atoms. The van der Waals surface area contributed by atoms with E-state index >= 15 is 0 Å². The number of hydrogen-bond donors (Lipinski definition) is 1. The van der Waals surface area contributed by atoms with Crippen LogP contribution >= 0.6 is 43.2 Å². The SMILES string of the molecule is Cn1nc(-c2sccc2Br)c(-c2ccc(Br)cc2)c1N. The van der Waals surface area contributed by atoms with Crippen LogP contribution in [-0.4, -0.2) is 9.78 Å². The van der Waals surface area contributed by atoms with Crippen LogP contribution in [0.1, 0.15) is 0 Å². The zero-order valence-electron chi connectivity index (χ0n) is 10.6. The van der Waals surface area contributed by atoms with Gasteiger partial charge in [0.1, 0.15) is 11.5 Å². The third-order valence-electron chi connectivity index (χ3n) is 3.06. The first-order valence-corrected chi connectivity index (χ1v) is 8.36. The zero-order valence-corrected chi connectivity index (χ0v) is 14.6. The van der Waals surface area contributed by atoms with Crippen molar-refractivity contribution in [1.82, 2.24) is 9.78 Å². The zero-order chi connectivity index (χ0) is 14.3. The molecule has 2 heterocycles. The monoisotopic (exact) mass is 411 g/mol. The smallest absolute Gasteiger partial charge is 0.129 e. The van der Waals surface area contributed by atoms with Crippen LogP contribution in [-0.2, 0) is 7.05 Å². The Morgan fingerprint density at radius 3 is 2.45 bits per heavy atom. The number of nitrogens with two attached hydrogens (primary N) is 1. The van der Waals surface area contributed by atoms with Crippen LogP contribution in [0.2, 0.25) is 0 Å². The van der Waals surface area contributed by atoms with Gasteiger partial charge in [-0.1, -0.05) is 28.1 Å². The highest BCUT2D eigenvalue weighted by molar-refractivity contribution is 9.10. The normalized spacial score (nSPS) is 10.9. The fourth-order valence-corrected chi connectivity index (χ4v) is 3.87. The van der Waals surface area contributed by atoms with Gasteiger partial charge in [0.15, 0.2) is 0 Å². The maximum Gasteiger partial charge on any atom is 0.129 e. The van der Waals surface area contributed by atoms with Crippen LogP contribution in [0.25, 0.3) is 21.7 Å². The first-order chi connectivity index (χ1) is 9.58. The van der Waals surface area contributed by atoms with Crippen LogP contribution in [0.4, 0.5) is 5.82 Å². The molecule has 0 saturated heterocycles. The maximum atomic E-state index is 6.21. The van der Waals surface area contributed by atoms with Crippen molar-refractivity contribution >= 4 is 49.0 Å². The molecule has 0 aliphatic carbocycles. The van der Waals surface area contributed by atoms with Gasteiger partial charge in [-0.3, -0.25) is 4.68 Å². The standard InChI is InChI=1S/C14H11Br2N3S/c1-19-14(17)11(8-2-4-9(15)5-3-8)12(18-19)13-10(16)6-7-20-13/h2-7H,17H2,1H3. The summed E-state index contributed by atoms with van der Waals surface area (Å²) in [6, 6.07) is 10.1. The van der Waals surface area contributed by atoms with Crippen molar-refractivity contribution in [2.45, 2.75) is 0 Å². The Kier molecular flexibility index (Phi) is 3.70. The number of aromatic nitrogens is 2. The van der Waals surface area contributed by atoms with Gasteiger partial charge in [0.05, 0.1) is 10.4 Å². The van der Waals surface area contributed by atoms with Gasteiger partial charge in [-0.2, -0.15) is 5.10 Å². The highest BCUT2D eigenvalue weighted by atomic mass is 79.9. The number of anilines is 1. The number of nitrogens with zero attached hydrogens (tertiary/aromatic N) is 2. The van der Waals surface area contributed by atoms with Gasteiger partial charge in [-0.05, 0) is 45.1 Å². The van der Waals surface area contributed by atoms with Crippen molar-refractivity contribution in [2.75, 3.05) is 5.73 Å². The molecule has 6 heteroatoms. The van der Waals surface area contributed by atoms with E-state index in [2.05, 4.69) is 37.0 Å². The van der Waals surface area contributed by atoms with E-state index in [1.54, 1.807) is 16.0 Å². The quantitative estimate of drug-likeness (QED) is 0.648. The summed E-state index contributed by atoms with van der Waals surface area (Å²) in [6.45, 7) is 0. The molecule has 2 aromatic heterocycles. The fraction of sp³-hybridized carbons (Fsp3) is 0.0714. The minimum Gasteiger partial charge on any atom is -0.383 e. The van der Waals surface area contributed by atoms with Crippen LogP contribution in [0.15, 0.2) is 44.7 Å². The number of benzene rings is 1. The summed E-state index contributed by atoms with van der Waals surface area (Å²) < 4.78 is 3.81. The van der Waals surface area contributed by atoms with Crippen LogP contribution in [0, 0.1) is 0 Å². The number of rotatable bonds is 2. The molecule has 0 spiro atoms. The van der Waals surface area contributed by atoms with Crippen molar-refractivity contribution in [3.63, 3.8) is 0 Å². The summed E-state index contributed by atoms with van der Waals surface area (Å²) in [5, 5.41) is 6.61. The summed E-state index contributed by atoms with van der Waals surface area (Å²) in [7, 11) is 1.86. The Morgan fingerprint density at radius 1 is 1.15 bits per heavy atom. The van der Waals surface area contributed by atoms with E-state index in [9.17, 15) is 0 Å². The molecule has 0 aliphatic rings. The molecule has 0 atom stereocenters. The van der Waals surface area contributed by atoms with E-state index in [0.717, 1.165) is 30.6 Å². The van der Waals surface area contributed by atoms with Gasteiger partial charge in [-0.25, -0.2) is 0 Å². The molecule has 0 saturated carbocycles. The summed E-state index contributed by atoms with van der Waals surface area (Å²) >= 11 is 8.67. The molecule has 3 nitrogen and oxygen atoms in total. The summed E-state index contributed by atoms with van der Waals surface area (Å²) in [5.41, 5.74) is 9.16. The third-order valence-corrected chi connectivity index (χ3v) is 5.43. The van der Waals surface area contributed by atoms with Gasteiger partial charge in [-0.15, -0.1) is 11.3 Å². The molecule has 0 aliphatic heterocycles.